The van der Waals surface area contributed by atoms with E-state index in [9.17, 15) is 19.2 Å². The van der Waals surface area contributed by atoms with Crippen molar-refractivity contribution in [3.63, 3.8) is 0 Å². The summed E-state index contributed by atoms with van der Waals surface area (Å²) in [5.41, 5.74) is 0.435. The molecule has 0 spiro atoms. The van der Waals surface area contributed by atoms with Crippen LogP contribution in [0.4, 0.5) is 10.5 Å². The second-order valence-corrected chi connectivity index (χ2v) is 4.38. The number of allylic oxidation sites excluding steroid dienone is 2. The molecule has 1 heterocycles. The number of benzene rings is 1. The summed E-state index contributed by atoms with van der Waals surface area (Å²) in [5, 5.41) is 3.92. The molecule has 1 aromatic rings. The van der Waals surface area contributed by atoms with Crippen molar-refractivity contribution in [1.82, 2.24) is 10.6 Å². The summed E-state index contributed by atoms with van der Waals surface area (Å²) in [4.78, 5) is 47.0. The lowest BCUT2D eigenvalue weighted by molar-refractivity contribution is -0.124. The Kier molecular flexibility index (Phi) is 4.47. The number of urea groups is 1. The Morgan fingerprint density at radius 3 is 2.18 bits per heavy atom. The lowest BCUT2D eigenvalue weighted by Gasteiger charge is -2.16. The third-order valence-electron chi connectivity index (χ3n) is 2.82. The zero-order valence-electron chi connectivity index (χ0n) is 11.7. The molecule has 2 N–H and O–H groups in total. The average Bonchev–Trinajstić information content (AvgIpc) is 2.46. The fraction of sp³-hybridized carbons (Fsp3) is 0.0667. The molecule has 0 atom stereocenters. The maximum absolute atomic E-state index is 11.6. The van der Waals surface area contributed by atoms with Crippen LogP contribution in [0.2, 0.25) is 0 Å². The number of hydrogen-bond acceptors (Lipinski definition) is 4. The largest absolute Gasteiger partial charge is 0.328 e. The first-order valence-electron chi connectivity index (χ1n) is 6.39. The third-order valence-corrected chi connectivity index (χ3v) is 2.82. The van der Waals surface area contributed by atoms with Crippen LogP contribution in [0.3, 0.4) is 0 Å². The third kappa shape index (κ3) is 3.45. The molecule has 1 aromatic carbocycles. The van der Waals surface area contributed by atoms with E-state index < -0.39 is 17.8 Å². The van der Waals surface area contributed by atoms with Crippen molar-refractivity contribution in [2.75, 3.05) is 4.90 Å². The van der Waals surface area contributed by atoms with Gasteiger partial charge in [0.2, 0.25) is 5.91 Å². The number of anilines is 1. The van der Waals surface area contributed by atoms with Crippen LogP contribution < -0.4 is 15.5 Å². The summed E-state index contributed by atoms with van der Waals surface area (Å²) in [5.74, 6) is -1.80. The molecule has 112 valence electrons. The van der Waals surface area contributed by atoms with Crippen molar-refractivity contribution in [3.05, 3.63) is 54.3 Å². The van der Waals surface area contributed by atoms with Crippen molar-refractivity contribution >= 4 is 29.4 Å². The highest BCUT2D eigenvalue weighted by Gasteiger charge is 2.26. The first-order chi connectivity index (χ1) is 10.5. The minimum Gasteiger partial charge on any atom is -0.288 e. The molecule has 1 aliphatic rings. The van der Waals surface area contributed by atoms with Crippen LogP contribution in [0.1, 0.15) is 6.92 Å². The Labute approximate surface area is 126 Å². The molecule has 1 saturated heterocycles. The number of hydrogen-bond donors (Lipinski definition) is 2. The molecule has 0 unspecified atom stereocenters. The highest BCUT2D eigenvalue weighted by Crippen LogP contribution is 2.14. The molecule has 2 rings (SSSR count). The molecule has 22 heavy (non-hydrogen) atoms. The Morgan fingerprint density at radius 1 is 1.05 bits per heavy atom. The molecule has 0 bridgehead atoms. The van der Waals surface area contributed by atoms with Gasteiger partial charge in [-0.1, -0.05) is 18.2 Å². The maximum Gasteiger partial charge on any atom is 0.328 e. The van der Waals surface area contributed by atoms with Crippen molar-refractivity contribution in [2.24, 2.45) is 0 Å². The van der Waals surface area contributed by atoms with Crippen LogP contribution in [0.15, 0.2) is 54.3 Å². The van der Waals surface area contributed by atoms with Gasteiger partial charge in [0.05, 0.1) is 0 Å². The second kappa shape index (κ2) is 6.49. The number of imide groups is 2. The molecule has 0 aliphatic carbocycles. The van der Waals surface area contributed by atoms with Gasteiger partial charge in [-0.25, -0.2) is 4.79 Å². The molecule has 0 aromatic heterocycles. The summed E-state index contributed by atoms with van der Waals surface area (Å²) in [7, 11) is 0. The molecule has 1 aliphatic heterocycles. The monoisotopic (exact) mass is 299 g/mol. The van der Waals surface area contributed by atoms with Gasteiger partial charge in [0.1, 0.15) is 5.57 Å². The molecule has 0 saturated carbocycles. The lowest BCUT2D eigenvalue weighted by Crippen LogP contribution is -2.51. The van der Waals surface area contributed by atoms with Crippen molar-refractivity contribution in [1.29, 1.82) is 0 Å². The van der Waals surface area contributed by atoms with Crippen LogP contribution >= 0.6 is 0 Å². The molecule has 1 fully saturated rings. The molecule has 7 heteroatoms. The molecule has 0 radical (unpaired) electrons. The van der Waals surface area contributed by atoms with E-state index in [2.05, 4.69) is 0 Å². The van der Waals surface area contributed by atoms with E-state index in [4.69, 9.17) is 0 Å². The van der Waals surface area contributed by atoms with E-state index in [1.165, 1.54) is 30.2 Å². The van der Waals surface area contributed by atoms with Gasteiger partial charge >= 0.3 is 6.03 Å². The summed E-state index contributed by atoms with van der Waals surface area (Å²) in [6.45, 7) is 1.39. The number of amides is 5. The first-order valence-corrected chi connectivity index (χ1v) is 6.39. The molecule has 5 amide bonds. The SMILES string of the molecule is CC(=O)N(/C=C/C=C1C(=O)NC(=O)NC1=O)c1ccccc1. The van der Waals surface area contributed by atoms with Crippen LogP contribution in [-0.2, 0) is 14.4 Å². The zero-order valence-corrected chi connectivity index (χ0v) is 11.7. The van der Waals surface area contributed by atoms with Crippen molar-refractivity contribution < 1.29 is 19.2 Å². The number of carbonyl (C=O) groups is 4. The van der Waals surface area contributed by atoms with E-state index in [0.717, 1.165) is 0 Å². The predicted octanol–water partition coefficient (Wildman–Crippen LogP) is 0.846. The number of rotatable bonds is 3. The van der Waals surface area contributed by atoms with Gasteiger partial charge in [-0.3, -0.25) is 29.9 Å². The number of barbiturate groups is 1. The van der Waals surface area contributed by atoms with Gasteiger partial charge in [-0.2, -0.15) is 0 Å². The smallest absolute Gasteiger partial charge is 0.288 e. The van der Waals surface area contributed by atoms with Crippen LogP contribution in [-0.4, -0.2) is 23.8 Å². The minimum absolute atomic E-state index is 0.215. The highest BCUT2D eigenvalue weighted by molar-refractivity contribution is 6.29. The van der Waals surface area contributed by atoms with Gasteiger partial charge in [0.15, 0.2) is 0 Å². The summed E-state index contributed by atoms with van der Waals surface area (Å²) >= 11 is 0. The topological polar surface area (TPSA) is 95.6 Å². The lowest BCUT2D eigenvalue weighted by atomic mass is 10.2. The number of para-hydroxylation sites is 1. The molecule has 7 nitrogen and oxygen atoms in total. The van der Waals surface area contributed by atoms with Gasteiger partial charge in [-0.05, 0) is 24.3 Å². The van der Waals surface area contributed by atoms with E-state index in [1.54, 1.807) is 24.3 Å². The fourth-order valence-electron chi connectivity index (χ4n) is 1.81. The minimum atomic E-state index is -0.856. The van der Waals surface area contributed by atoms with Gasteiger partial charge < -0.3 is 0 Å². The zero-order chi connectivity index (χ0) is 16.1. The Hall–Kier alpha value is -3.22. The van der Waals surface area contributed by atoms with Crippen molar-refractivity contribution in [2.45, 2.75) is 6.92 Å². The van der Waals surface area contributed by atoms with E-state index >= 15 is 0 Å². The van der Waals surface area contributed by atoms with Gasteiger partial charge in [0, 0.05) is 18.8 Å². The quantitative estimate of drug-likeness (QED) is 0.639. The Morgan fingerprint density at radius 2 is 1.64 bits per heavy atom. The van der Waals surface area contributed by atoms with E-state index in [-0.39, 0.29) is 11.5 Å². The van der Waals surface area contributed by atoms with Crippen LogP contribution in [0.25, 0.3) is 0 Å². The highest BCUT2D eigenvalue weighted by atomic mass is 16.2. The van der Waals surface area contributed by atoms with Gasteiger partial charge in [0.25, 0.3) is 11.8 Å². The predicted molar refractivity (Wildman–Crippen MR) is 78.5 cm³/mol. The molecular formula is C15H13N3O4. The van der Waals surface area contributed by atoms with Crippen LogP contribution in [0.5, 0.6) is 0 Å². The summed E-state index contributed by atoms with van der Waals surface area (Å²) < 4.78 is 0. The van der Waals surface area contributed by atoms with E-state index in [1.807, 2.05) is 16.7 Å². The fourth-order valence-corrected chi connectivity index (χ4v) is 1.81. The number of nitrogens with one attached hydrogen (secondary N) is 2. The second-order valence-electron chi connectivity index (χ2n) is 4.38. The number of nitrogens with zero attached hydrogens (tertiary/aromatic N) is 1. The number of carbonyl (C=O) groups excluding carboxylic acids is 4. The summed E-state index contributed by atoms with van der Waals surface area (Å²) in [6.07, 6.45) is 4.05. The van der Waals surface area contributed by atoms with Crippen LogP contribution in [0, 0.1) is 0 Å². The van der Waals surface area contributed by atoms with Gasteiger partial charge in [-0.15, -0.1) is 0 Å². The molecular weight excluding hydrogens is 286 g/mol. The standard InChI is InChI=1S/C15H13N3O4/c1-10(19)18(11-6-3-2-4-7-11)9-5-8-12-13(20)16-15(22)17-14(12)21/h2-9H,1H3,(H2,16,17,20,21,22)/b9-5+. The first kappa shape index (κ1) is 15.2. The van der Waals surface area contributed by atoms with E-state index in [0.29, 0.717) is 5.69 Å². The Balaban J connectivity index is 2.20. The normalized spacial score (nSPS) is 14.6. The Bertz CT molecular complexity index is 670. The average molecular weight is 299 g/mol. The van der Waals surface area contributed by atoms with Crippen molar-refractivity contribution in [3.8, 4) is 0 Å². The summed E-state index contributed by atoms with van der Waals surface area (Å²) in [6, 6.07) is 8.03. The maximum atomic E-state index is 11.6.